The van der Waals surface area contributed by atoms with Crippen LogP contribution in [0.25, 0.3) is 0 Å². The summed E-state index contributed by atoms with van der Waals surface area (Å²) in [6.07, 6.45) is 4.24. The zero-order valence-electron chi connectivity index (χ0n) is 15.7. The Hall–Kier alpha value is -2.29. The molecule has 1 aliphatic rings. The number of rotatable bonds is 4. The van der Waals surface area contributed by atoms with E-state index in [0.717, 1.165) is 11.1 Å². The van der Waals surface area contributed by atoms with Gasteiger partial charge in [-0.2, -0.15) is 0 Å². The molecule has 0 radical (unpaired) electrons. The average molecular weight is 323 g/mol. The summed E-state index contributed by atoms with van der Waals surface area (Å²) in [5.41, 5.74) is 14.5. The number of benzene rings is 1. The van der Waals surface area contributed by atoms with Gasteiger partial charge in [0.15, 0.2) is 5.96 Å². The standard InChI is InChI=1S/C21H29N3/c1-8-12(2)9-14(4)17(7)19-20(24-21(22)23-19)18-15(5)10-13(3)11-16(18)6/h8-11,19-20H,7H2,1-6H3,(H3,22,23,24)/b12-8-,14-9-/t19-,20-/m0/s1. The van der Waals surface area contributed by atoms with Crippen molar-refractivity contribution in [1.82, 2.24) is 5.32 Å². The van der Waals surface area contributed by atoms with Gasteiger partial charge >= 0.3 is 0 Å². The summed E-state index contributed by atoms with van der Waals surface area (Å²) in [5.74, 6) is 0.487. The molecular weight excluding hydrogens is 294 g/mol. The Morgan fingerprint density at radius 1 is 1.21 bits per heavy atom. The lowest BCUT2D eigenvalue weighted by Gasteiger charge is -2.25. The first-order valence-corrected chi connectivity index (χ1v) is 8.42. The molecule has 0 aliphatic carbocycles. The summed E-state index contributed by atoms with van der Waals surface area (Å²) >= 11 is 0. The van der Waals surface area contributed by atoms with Crippen LogP contribution in [0.15, 0.2) is 52.6 Å². The molecule has 0 unspecified atom stereocenters. The summed E-state index contributed by atoms with van der Waals surface area (Å²) in [6, 6.07) is 4.38. The SMILES string of the molecule is C=C(/C(C)=C\C(C)=C/C)[C@@H]1N=C(N)N[C@H]1c1c(C)cc(C)cc1C. The maximum absolute atomic E-state index is 6.02. The van der Waals surface area contributed by atoms with E-state index in [4.69, 9.17) is 5.73 Å². The molecule has 1 aliphatic heterocycles. The summed E-state index contributed by atoms with van der Waals surface area (Å²) < 4.78 is 0. The predicted molar refractivity (Wildman–Crippen MR) is 104 cm³/mol. The van der Waals surface area contributed by atoms with Gasteiger partial charge in [-0.05, 0) is 69.4 Å². The molecular formula is C21H29N3. The van der Waals surface area contributed by atoms with Crippen LogP contribution in [0.2, 0.25) is 0 Å². The number of allylic oxidation sites excluding steroid dienone is 3. The van der Waals surface area contributed by atoms with Crippen LogP contribution in [-0.2, 0) is 0 Å². The van der Waals surface area contributed by atoms with Crippen LogP contribution in [0.1, 0.15) is 49.1 Å². The number of guanidine groups is 1. The number of nitrogens with one attached hydrogen (secondary N) is 1. The summed E-state index contributed by atoms with van der Waals surface area (Å²) in [6.45, 7) is 17.0. The Morgan fingerprint density at radius 3 is 2.33 bits per heavy atom. The maximum atomic E-state index is 6.02. The molecule has 24 heavy (non-hydrogen) atoms. The lowest BCUT2D eigenvalue weighted by atomic mass is 9.86. The average Bonchev–Trinajstić information content (AvgIpc) is 2.86. The van der Waals surface area contributed by atoms with Gasteiger partial charge in [0.1, 0.15) is 6.04 Å². The molecule has 0 fully saturated rings. The monoisotopic (exact) mass is 323 g/mol. The van der Waals surface area contributed by atoms with Crippen molar-refractivity contribution < 1.29 is 0 Å². The van der Waals surface area contributed by atoms with Gasteiger partial charge in [0, 0.05) is 0 Å². The molecule has 1 heterocycles. The number of hydrogen-bond acceptors (Lipinski definition) is 3. The van der Waals surface area contributed by atoms with E-state index >= 15 is 0 Å². The summed E-state index contributed by atoms with van der Waals surface area (Å²) in [5, 5.41) is 3.35. The highest BCUT2D eigenvalue weighted by molar-refractivity contribution is 5.81. The van der Waals surface area contributed by atoms with Crippen molar-refractivity contribution in [2.75, 3.05) is 0 Å². The van der Waals surface area contributed by atoms with E-state index in [-0.39, 0.29) is 12.1 Å². The summed E-state index contributed by atoms with van der Waals surface area (Å²) in [7, 11) is 0. The van der Waals surface area contributed by atoms with Crippen LogP contribution in [0.4, 0.5) is 0 Å². The molecule has 128 valence electrons. The molecule has 2 rings (SSSR count). The first kappa shape index (κ1) is 18.1. The Morgan fingerprint density at radius 2 is 1.79 bits per heavy atom. The molecule has 0 amide bonds. The van der Waals surface area contributed by atoms with E-state index < -0.39 is 0 Å². The van der Waals surface area contributed by atoms with Gasteiger partial charge in [-0.3, -0.25) is 0 Å². The maximum Gasteiger partial charge on any atom is 0.189 e. The van der Waals surface area contributed by atoms with E-state index in [1.54, 1.807) is 0 Å². The molecule has 3 nitrogen and oxygen atoms in total. The zero-order chi connectivity index (χ0) is 18.0. The van der Waals surface area contributed by atoms with Crippen LogP contribution in [0.5, 0.6) is 0 Å². The van der Waals surface area contributed by atoms with Crippen molar-refractivity contribution in [3.05, 3.63) is 69.8 Å². The zero-order valence-corrected chi connectivity index (χ0v) is 15.7. The summed E-state index contributed by atoms with van der Waals surface area (Å²) in [4.78, 5) is 4.63. The third-order valence-electron chi connectivity index (χ3n) is 4.71. The highest BCUT2D eigenvalue weighted by Gasteiger charge is 2.33. The molecule has 0 saturated heterocycles. The van der Waals surface area contributed by atoms with Gasteiger partial charge in [0.2, 0.25) is 0 Å². The molecule has 0 bridgehead atoms. The highest BCUT2D eigenvalue weighted by atomic mass is 15.2. The van der Waals surface area contributed by atoms with Crippen molar-refractivity contribution in [1.29, 1.82) is 0 Å². The van der Waals surface area contributed by atoms with Gasteiger partial charge in [0.25, 0.3) is 0 Å². The van der Waals surface area contributed by atoms with E-state index in [1.165, 1.54) is 27.8 Å². The van der Waals surface area contributed by atoms with Crippen molar-refractivity contribution in [3.63, 3.8) is 0 Å². The minimum atomic E-state index is -0.0778. The number of nitrogens with two attached hydrogens (primary N) is 1. The predicted octanol–water partition coefficient (Wildman–Crippen LogP) is 4.41. The number of aryl methyl sites for hydroxylation is 3. The van der Waals surface area contributed by atoms with Crippen LogP contribution >= 0.6 is 0 Å². The first-order valence-electron chi connectivity index (χ1n) is 8.42. The van der Waals surface area contributed by atoms with E-state index in [9.17, 15) is 0 Å². The Balaban J connectivity index is 2.43. The fourth-order valence-electron chi connectivity index (χ4n) is 3.44. The van der Waals surface area contributed by atoms with Gasteiger partial charge < -0.3 is 11.1 Å². The van der Waals surface area contributed by atoms with Gasteiger partial charge in [0.05, 0.1) is 6.04 Å². The molecule has 0 aromatic heterocycles. The molecule has 1 aromatic rings. The minimum absolute atomic E-state index is 0.0346. The van der Waals surface area contributed by atoms with Crippen LogP contribution < -0.4 is 11.1 Å². The molecule has 3 N–H and O–H groups in total. The van der Waals surface area contributed by atoms with Gasteiger partial charge in [-0.15, -0.1) is 0 Å². The molecule has 0 saturated carbocycles. The van der Waals surface area contributed by atoms with Crippen molar-refractivity contribution in [2.45, 2.75) is 53.6 Å². The number of aliphatic imine (C=N–C) groups is 1. The molecule has 0 spiro atoms. The first-order chi connectivity index (χ1) is 11.2. The van der Waals surface area contributed by atoms with E-state index in [2.05, 4.69) is 75.8 Å². The number of nitrogens with zero attached hydrogens (tertiary/aromatic N) is 1. The third kappa shape index (κ3) is 3.61. The number of hydrogen-bond donors (Lipinski definition) is 2. The van der Waals surface area contributed by atoms with Gasteiger partial charge in [-0.25, -0.2) is 4.99 Å². The minimum Gasteiger partial charge on any atom is -0.370 e. The van der Waals surface area contributed by atoms with Crippen LogP contribution in [0.3, 0.4) is 0 Å². The molecule has 2 atom stereocenters. The third-order valence-corrected chi connectivity index (χ3v) is 4.71. The normalized spacial score (nSPS) is 21.5. The fraction of sp³-hybridized carbons (Fsp3) is 0.381. The van der Waals surface area contributed by atoms with E-state index in [0.29, 0.717) is 5.96 Å². The fourth-order valence-corrected chi connectivity index (χ4v) is 3.44. The van der Waals surface area contributed by atoms with Crippen LogP contribution in [0, 0.1) is 20.8 Å². The second-order valence-electron chi connectivity index (χ2n) is 6.78. The second-order valence-corrected chi connectivity index (χ2v) is 6.78. The largest absolute Gasteiger partial charge is 0.370 e. The molecule has 1 aromatic carbocycles. The Labute approximate surface area is 146 Å². The second kappa shape index (κ2) is 7.08. The lowest BCUT2D eigenvalue weighted by molar-refractivity contribution is 0.601. The van der Waals surface area contributed by atoms with Crippen molar-refractivity contribution in [2.24, 2.45) is 10.7 Å². The van der Waals surface area contributed by atoms with Crippen molar-refractivity contribution in [3.8, 4) is 0 Å². The Bertz CT molecular complexity index is 727. The lowest BCUT2D eigenvalue weighted by Crippen LogP contribution is -2.32. The quantitative estimate of drug-likeness (QED) is 0.806. The smallest absolute Gasteiger partial charge is 0.189 e. The van der Waals surface area contributed by atoms with E-state index in [1.807, 2.05) is 6.92 Å². The van der Waals surface area contributed by atoms with Gasteiger partial charge in [-0.1, -0.05) is 42.0 Å². The van der Waals surface area contributed by atoms with Crippen LogP contribution in [-0.4, -0.2) is 12.0 Å². The highest BCUT2D eigenvalue weighted by Crippen LogP contribution is 2.34. The topological polar surface area (TPSA) is 50.4 Å². The molecule has 3 heteroatoms. The van der Waals surface area contributed by atoms with Crippen molar-refractivity contribution >= 4 is 5.96 Å². The Kier molecular flexibility index (Phi) is 5.33.